The van der Waals surface area contributed by atoms with Crippen LogP contribution in [0.25, 0.3) is 93.6 Å². The minimum Gasteiger partial charge on any atom is -0.310 e. The molecule has 0 bridgehead atoms. The summed E-state index contributed by atoms with van der Waals surface area (Å²) in [5, 5.41) is 7.77. The highest BCUT2D eigenvalue weighted by atomic mass is 15.3. The number of para-hydroxylation sites is 9. The van der Waals surface area contributed by atoms with E-state index >= 15 is 0 Å². The Labute approximate surface area is 508 Å². The molecule has 8 nitrogen and oxygen atoms in total. The Hall–Kier alpha value is -12.0. The van der Waals surface area contributed by atoms with Crippen LogP contribution in [-0.2, 0) is 0 Å². The predicted octanol–water partition coefficient (Wildman–Crippen LogP) is 21.3. The van der Waals surface area contributed by atoms with Crippen LogP contribution in [0.5, 0.6) is 0 Å². The van der Waals surface area contributed by atoms with Gasteiger partial charge in [0.05, 0.1) is 38.6 Å². The third-order valence-electron chi connectivity index (χ3n) is 17.1. The molecule has 0 N–H and O–H groups in total. The quantitative estimate of drug-likeness (QED) is 0.122. The molecule has 88 heavy (non-hydrogen) atoms. The number of aromatic nitrogens is 5. The first-order chi connectivity index (χ1) is 43.7. The van der Waals surface area contributed by atoms with Crippen LogP contribution >= 0.6 is 0 Å². The van der Waals surface area contributed by atoms with Gasteiger partial charge in [0, 0.05) is 94.6 Å². The van der Waals surface area contributed by atoms with Gasteiger partial charge >= 0.3 is 0 Å². The molecule has 8 heteroatoms. The maximum atomic E-state index is 5.94. The van der Waals surface area contributed by atoms with Crippen molar-refractivity contribution < 1.29 is 0 Å². The summed E-state index contributed by atoms with van der Waals surface area (Å²) in [6.07, 6.45) is 0. The van der Waals surface area contributed by atoms with Gasteiger partial charge in [0.1, 0.15) is 0 Å². The van der Waals surface area contributed by atoms with E-state index in [2.05, 4.69) is 356 Å². The van der Waals surface area contributed by atoms with E-state index in [1.807, 2.05) is 0 Å². The van der Waals surface area contributed by atoms with Gasteiger partial charge in [-0.15, -0.1) is 0 Å². The molecule has 0 amide bonds. The Morgan fingerprint density at radius 1 is 0.205 bits per heavy atom. The lowest BCUT2D eigenvalue weighted by Gasteiger charge is -2.28. The van der Waals surface area contributed by atoms with Crippen LogP contribution in [-0.4, -0.2) is 23.7 Å². The summed E-state index contributed by atoms with van der Waals surface area (Å²) in [5.74, 6) is 1.28. The van der Waals surface area contributed by atoms with Crippen LogP contribution in [0.2, 0.25) is 0 Å². The molecule has 17 aromatic rings. The second-order valence-corrected chi connectivity index (χ2v) is 22.2. The largest absolute Gasteiger partial charge is 0.310 e. The number of benzene rings is 13. The number of hydrogen-bond acceptors (Lipinski definition) is 5. The van der Waals surface area contributed by atoms with Gasteiger partial charge in [-0.1, -0.05) is 170 Å². The lowest BCUT2D eigenvalue weighted by molar-refractivity contribution is 1.000. The van der Waals surface area contributed by atoms with E-state index in [-0.39, 0.29) is 0 Å². The SMILES string of the molecule is c1ccc(N(c2ccc3nc(-n4c5ccccc5c5cc(N(c6ccccc6)c6ccccc6)ccc54)nc(N(c4ccccc4)c4ccc5c6ccccc6n(-c6ccccc6)c5c4)c3c2)c2ccc3c(c2)c2ccccc2n3-c2ccccc2)cc1. The van der Waals surface area contributed by atoms with Crippen molar-refractivity contribution in [1.82, 2.24) is 23.7 Å². The Bertz CT molecular complexity index is 5410. The summed E-state index contributed by atoms with van der Waals surface area (Å²) >= 11 is 0. The van der Waals surface area contributed by atoms with E-state index in [1.54, 1.807) is 0 Å². The molecule has 0 aliphatic carbocycles. The molecular weight excluding hydrogens is 1070 g/mol. The lowest BCUT2D eigenvalue weighted by Crippen LogP contribution is -2.15. The summed E-state index contributed by atoms with van der Waals surface area (Å²) in [6.45, 7) is 0. The molecule has 0 saturated carbocycles. The Morgan fingerprint density at radius 3 is 1.03 bits per heavy atom. The third-order valence-corrected chi connectivity index (χ3v) is 17.1. The summed E-state index contributed by atoms with van der Waals surface area (Å²) in [6, 6.07) is 117. The normalized spacial score (nSPS) is 11.6. The fraction of sp³-hybridized carbons (Fsp3) is 0. The van der Waals surface area contributed by atoms with Gasteiger partial charge < -0.3 is 18.9 Å². The zero-order chi connectivity index (χ0) is 58.1. The van der Waals surface area contributed by atoms with Crippen molar-refractivity contribution >= 4 is 128 Å². The zero-order valence-corrected chi connectivity index (χ0v) is 47.8. The lowest BCUT2D eigenvalue weighted by atomic mass is 10.1. The molecule has 0 radical (unpaired) electrons. The number of anilines is 9. The standard InChI is InChI=1S/C80H54N8/c1-7-25-55(26-8-1)83(56-27-9-2-10-28-56)62-46-50-77-70(51-62)67-39-21-24-42-75(67)88(77)80-81-72-48-44-61(84(57-29-11-3-12-30-57)63-45-49-76-69(52-63)66-38-20-23-41-74(66)86(76)59-33-15-5-16-34-59)53-71(72)79(82-80)85(58-31-13-4-14-32-58)64-43-47-68-65-37-19-22-40-73(65)87(78(68)54-64)60-35-17-6-18-36-60/h1-54H. The van der Waals surface area contributed by atoms with Gasteiger partial charge in [-0.3, -0.25) is 9.47 Å². The summed E-state index contributed by atoms with van der Waals surface area (Å²) in [7, 11) is 0. The van der Waals surface area contributed by atoms with Gasteiger partial charge in [0.2, 0.25) is 5.95 Å². The molecule has 0 unspecified atom stereocenters. The van der Waals surface area contributed by atoms with Gasteiger partial charge in [-0.25, -0.2) is 4.98 Å². The van der Waals surface area contributed by atoms with Crippen molar-refractivity contribution in [3.8, 4) is 17.3 Å². The van der Waals surface area contributed by atoms with Crippen LogP contribution in [0.4, 0.5) is 51.3 Å². The van der Waals surface area contributed by atoms with E-state index in [0.29, 0.717) is 5.95 Å². The molecule has 0 aliphatic rings. The highest BCUT2D eigenvalue weighted by molar-refractivity contribution is 6.14. The number of hydrogen-bond donors (Lipinski definition) is 0. The average Bonchev–Trinajstić information content (AvgIpc) is 1.86. The monoisotopic (exact) mass is 1130 g/mol. The minimum atomic E-state index is 0.553. The van der Waals surface area contributed by atoms with Crippen molar-refractivity contribution in [3.63, 3.8) is 0 Å². The molecule has 0 aliphatic heterocycles. The summed E-state index contributed by atoms with van der Waals surface area (Å²) in [4.78, 5) is 18.6. The molecular formula is C80H54N8. The Balaban J connectivity index is 0.923. The number of fused-ring (bicyclic) bond motifs is 10. The minimum absolute atomic E-state index is 0.553. The van der Waals surface area contributed by atoms with Gasteiger partial charge in [0.25, 0.3) is 0 Å². The van der Waals surface area contributed by atoms with E-state index in [9.17, 15) is 0 Å². The van der Waals surface area contributed by atoms with E-state index in [0.717, 1.165) is 128 Å². The average molecular weight is 1130 g/mol. The van der Waals surface area contributed by atoms with E-state index < -0.39 is 0 Å². The molecule has 0 fully saturated rings. The summed E-state index contributed by atoms with van der Waals surface area (Å²) in [5.41, 5.74) is 17.6. The zero-order valence-electron chi connectivity index (χ0n) is 47.8. The second-order valence-electron chi connectivity index (χ2n) is 22.2. The molecule has 13 aromatic carbocycles. The first-order valence-corrected chi connectivity index (χ1v) is 29.8. The molecule has 4 aromatic heterocycles. The van der Waals surface area contributed by atoms with Gasteiger partial charge in [0.15, 0.2) is 5.82 Å². The number of nitrogens with zero attached hydrogens (tertiary/aromatic N) is 8. The maximum Gasteiger partial charge on any atom is 0.237 e. The van der Waals surface area contributed by atoms with E-state index in [1.165, 1.54) is 10.8 Å². The first kappa shape index (κ1) is 50.5. The van der Waals surface area contributed by atoms with Crippen LogP contribution in [0.3, 0.4) is 0 Å². The van der Waals surface area contributed by atoms with Crippen LogP contribution in [0, 0.1) is 0 Å². The smallest absolute Gasteiger partial charge is 0.237 e. The van der Waals surface area contributed by atoms with Crippen LogP contribution in [0.15, 0.2) is 328 Å². The van der Waals surface area contributed by atoms with Crippen molar-refractivity contribution in [2.45, 2.75) is 0 Å². The van der Waals surface area contributed by atoms with E-state index in [4.69, 9.17) is 9.97 Å². The number of rotatable bonds is 12. The molecule has 414 valence electrons. The second kappa shape index (κ2) is 21.0. The van der Waals surface area contributed by atoms with Crippen LogP contribution in [0.1, 0.15) is 0 Å². The molecule has 0 atom stereocenters. The maximum absolute atomic E-state index is 5.94. The fourth-order valence-corrected chi connectivity index (χ4v) is 13.3. The predicted molar refractivity (Wildman–Crippen MR) is 367 cm³/mol. The van der Waals surface area contributed by atoms with Gasteiger partial charge in [-0.05, 0) is 158 Å². The highest BCUT2D eigenvalue weighted by Crippen LogP contribution is 2.46. The Morgan fingerprint density at radius 2 is 0.534 bits per heavy atom. The van der Waals surface area contributed by atoms with Gasteiger partial charge in [-0.2, -0.15) is 4.98 Å². The Kier molecular flexibility index (Phi) is 12.0. The molecule has 0 spiro atoms. The van der Waals surface area contributed by atoms with Crippen molar-refractivity contribution in [2.24, 2.45) is 0 Å². The first-order valence-electron chi connectivity index (χ1n) is 29.8. The third kappa shape index (κ3) is 8.37. The summed E-state index contributed by atoms with van der Waals surface area (Å²) < 4.78 is 7.00. The van der Waals surface area contributed by atoms with Crippen molar-refractivity contribution in [3.05, 3.63) is 328 Å². The molecule has 17 rings (SSSR count). The van der Waals surface area contributed by atoms with Crippen molar-refractivity contribution in [2.75, 3.05) is 14.7 Å². The fourth-order valence-electron chi connectivity index (χ4n) is 13.3. The topological polar surface area (TPSA) is 50.3 Å². The molecule has 4 heterocycles. The van der Waals surface area contributed by atoms with Crippen LogP contribution < -0.4 is 14.7 Å². The molecule has 0 saturated heterocycles. The van der Waals surface area contributed by atoms with Crippen molar-refractivity contribution in [1.29, 1.82) is 0 Å². The highest BCUT2D eigenvalue weighted by Gasteiger charge is 2.26.